The summed E-state index contributed by atoms with van der Waals surface area (Å²) in [5, 5.41) is 12.1. The number of hydrogen-bond acceptors (Lipinski definition) is 3. The molecule has 0 bridgehead atoms. The molecule has 0 heterocycles. The van der Waals surface area contributed by atoms with Crippen molar-refractivity contribution in [3.8, 4) is 0 Å². The molecule has 0 amide bonds. The second-order valence-electron chi connectivity index (χ2n) is 5.72. The maximum atomic E-state index is 12.1. The standard InChI is InChI=1S/C20H22N2O3/c1-4-25-20(23)17-9-13-19(14-10-17)22(24)15-5-6-16-7-11-18(12-8-16)21(2)3/h5-15H,4H2,1-3H3/p+1/b6-5+,22-15-. The fourth-order valence-corrected chi connectivity index (χ4v) is 2.20. The third kappa shape index (κ3) is 5.29. The SMILES string of the molecule is CCOC(=O)c1ccc(/[N+]([O-])=C/C=C/c2ccc([NH+](C)C)cc2)cc1. The minimum atomic E-state index is -0.390. The number of quaternary nitrogens is 1. The van der Waals surface area contributed by atoms with Gasteiger partial charge in [-0.15, -0.1) is 0 Å². The van der Waals surface area contributed by atoms with Crippen molar-refractivity contribution in [3.63, 3.8) is 0 Å². The lowest BCUT2D eigenvalue weighted by molar-refractivity contribution is -0.786. The number of nitrogens with zero attached hydrogens (tertiary/aromatic N) is 1. The maximum absolute atomic E-state index is 12.1. The first-order valence-electron chi connectivity index (χ1n) is 8.17. The first-order valence-corrected chi connectivity index (χ1v) is 8.17. The molecule has 1 N–H and O–H groups in total. The van der Waals surface area contributed by atoms with Crippen LogP contribution in [0, 0.1) is 5.21 Å². The number of benzene rings is 2. The maximum Gasteiger partial charge on any atom is 0.338 e. The predicted molar refractivity (Wildman–Crippen MR) is 99.7 cm³/mol. The van der Waals surface area contributed by atoms with E-state index in [2.05, 4.69) is 26.2 Å². The van der Waals surface area contributed by atoms with Crippen LogP contribution in [0.5, 0.6) is 0 Å². The molecule has 0 fully saturated rings. The van der Waals surface area contributed by atoms with Gasteiger partial charge in [0.25, 0.3) is 0 Å². The zero-order chi connectivity index (χ0) is 18.2. The van der Waals surface area contributed by atoms with Crippen LogP contribution >= 0.6 is 0 Å². The van der Waals surface area contributed by atoms with Crippen molar-refractivity contribution in [3.05, 3.63) is 70.9 Å². The average Bonchev–Trinajstić information content (AvgIpc) is 2.62. The second kappa shape index (κ2) is 8.80. The summed E-state index contributed by atoms with van der Waals surface area (Å²) in [5.41, 5.74) is 3.10. The first kappa shape index (κ1) is 18.4. The Morgan fingerprint density at radius 1 is 1.12 bits per heavy atom. The molecule has 0 aromatic heterocycles. The first-order chi connectivity index (χ1) is 12.0. The molecule has 2 rings (SSSR count). The highest BCUT2D eigenvalue weighted by Crippen LogP contribution is 2.13. The van der Waals surface area contributed by atoms with E-state index >= 15 is 0 Å². The van der Waals surface area contributed by atoms with E-state index in [0.29, 0.717) is 17.9 Å². The van der Waals surface area contributed by atoms with E-state index in [1.54, 1.807) is 37.3 Å². The van der Waals surface area contributed by atoms with Gasteiger partial charge in [-0.1, -0.05) is 0 Å². The van der Waals surface area contributed by atoms with Crippen LogP contribution in [-0.4, -0.2) is 37.6 Å². The van der Waals surface area contributed by atoms with Crippen LogP contribution < -0.4 is 4.90 Å². The quantitative estimate of drug-likeness (QED) is 0.289. The highest BCUT2D eigenvalue weighted by molar-refractivity contribution is 5.89. The number of carbonyl (C=O) groups excluding carboxylic acids is 1. The van der Waals surface area contributed by atoms with Gasteiger partial charge in [0, 0.05) is 18.2 Å². The molecule has 0 aliphatic heterocycles. The van der Waals surface area contributed by atoms with Crippen molar-refractivity contribution in [2.45, 2.75) is 6.92 Å². The molecular formula is C20H23N2O3+. The van der Waals surface area contributed by atoms with Crippen molar-refractivity contribution >= 4 is 29.6 Å². The Balaban J connectivity index is 2.04. The summed E-state index contributed by atoms with van der Waals surface area (Å²) in [6, 6.07) is 14.5. The highest BCUT2D eigenvalue weighted by Gasteiger charge is 2.07. The van der Waals surface area contributed by atoms with E-state index in [1.807, 2.05) is 18.2 Å². The smallest absolute Gasteiger partial charge is 0.338 e. The Hall–Kier alpha value is -2.92. The lowest BCUT2D eigenvalue weighted by atomic mass is 10.2. The van der Waals surface area contributed by atoms with Crippen LogP contribution in [0.15, 0.2) is 54.6 Å². The Kier molecular flexibility index (Phi) is 6.48. The molecule has 0 spiro atoms. The van der Waals surface area contributed by atoms with Gasteiger partial charge in [0.15, 0.2) is 6.21 Å². The molecule has 0 aliphatic carbocycles. The second-order valence-corrected chi connectivity index (χ2v) is 5.72. The van der Waals surface area contributed by atoms with E-state index < -0.39 is 5.97 Å². The van der Waals surface area contributed by atoms with Crippen LogP contribution in [0.3, 0.4) is 0 Å². The molecule has 0 radical (unpaired) electrons. The Labute approximate surface area is 148 Å². The van der Waals surface area contributed by atoms with Crippen LogP contribution in [0.25, 0.3) is 6.08 Å². The molecule has 2 aromatic carbocycles. The molecule has 25 heavy (non-hydrogen) atoms. The fraction of sp³-hybridized carbons (Fsp3) is 0.200. The van der Waals surface area contributed by atoms with Gasteiger partial charge in [-0.05, 0) is 55.0 Å². The van der Waals surface area contributed by atoms with Gasteiger partial charge >= 0.3 is 5.97 Å². The lowest BCUT2D eigenvalue weighted by Gasteiger charge is -2.05. The highest BCUT2D eigenvalue weighted by atomic mass is 16.5. The Bertz CT molecular complexity index is 761. The Morgan fingerprint density at radius 2 is 1.76 bits per heavy atom. The summed E-state index contributed by atoms with van der Waals surface area (Å²) in [7, 11) is 4.14. The van der Waals surface area contributed by atoms with Crippen molar-refractivity contribution in [1.82, 2.24) is 0 Å². The van der Waals surface area contributed by atoms with Gasteiger partial charge in [0.05, 0.1) is 26.3 Å². The molecule has 5 heteroatoms. The lowest BCUT2D eigenvalue weighted by Crippen LogP contribution is -3.00. The van der Waals surface area contributed by atoms with Gasteiger partial charge in [0.1, 0.15) is 5.69 Å². The minimum Gasteiger partial charge on any atom is -0.618 e. The zero-order valence-electron chi connectivity index (χ0n) is 14.7. The number of allylic oxidation sites excluding steroid dienone is 1. The number of ether oxygens (including phenoxy) is 1. The zero-order valence-corrected chi connectivity index (χ0v) is 14.7. The normalized spacial score (nSPS) is 11.9. The fourth-order valence-electron chi connectivity index (χ4n) is 2.20. The third-order valence-corrected chi connectivity index (χ3v) is 3.63. The van der Waals surface area contributed by atoms with Crippen molar-refractivity contribution in [2.24, 2.45) is 0 Å². The Morgan fingerprint density at radius 3 is 2.32 bits per heavy atom. The summed E-state index contributed by atoms with van der Waals surface area (Å²) in [6.45, 7) is 2.08. The van der Waals surface area contributed by atoms with Gasteiger partial charge in [-0.3, -0.25) is 0 Å². The summed E-state index contributed by atoms with van der Waals surface area (Å²) >= 11 is 0. The summed E-state index contributed by atoms with van der Waals surface area (Å²) in [4.78, 5) is 12.8. The number of rotatable bonds is 6. The largest absolute Gasteiger partial charge is 0.618 e. The van der Waals surface area contributed by atoms with Crippen molar-refractivity contribution < 1.29 is 19.2 Å². The molecule has 0 aliphatic rings. The van der Waals surface area contributed by atoms with E-state index in [-0.39, 0.29) is 0 Å². The van der Waals surface area contributed by atoms with E-state index in [0.717, 1.165) is 10.3 Å². The minimum absolute atomic E-state index is 0.323. The van der Waals surface area contributed by atoms with Crippen LogP contribution in [-0.2, 0) is 4.74 Å². The van der Waals surface area contributed by atoms with Crippen molar-refractivity contribution in [2.75, 3.05) is 20.7 Å². The summed E-state index contributed by atoms with van der Waals surface area (Å²) in [5.74, 6) is -0.390. The molecule has 5 nitrogen and oxygen atoms in total. The number of hydrogen-bond donors (Lipinski definition) is 1. The molecular weight excluding hydrogens is 316 g/mol. The van der Waals surface area contributed by atoms with Crippen LogP contribution in [0.2, 0.25) is 0 Å². The van der Waals surface area contributed by atoms with Gasteiger partial charge in [-0.2, -0.15) is 4.74 Å². The number of carbonyl (C=O) groups is 1. The average molecular weight is 339 g/mol. The van der Waals surface area contributed by atoms with Gasteiger partial charge in [0.2, 0.25) is 5.69 Å². The van der Waals surface area contributed by atoms with Crippen molar-refractivity contribution in [1.29, 1.82) is 0 Å². The number of nitrogens with one attached hydrogen (secondary N) is 1. The van der Waals surface area contributed by atoms with Gasteiger partial charge in [-0.25, -0.2) is 4.79 Å². The monoisotopic (exact) mass is 339 g/mol. The van der Waals surface area contributed by atoms with Gasteiger partial charge < -0.3 is 14.8 Å². The molecule has 0 saturated heterocycles. The van der Waals surface area contributed by atoms with E-state index in [1.165, 1.54) is 16.8 Å². The van der Waals surface area contributed by atoms with E-state index in [9.17, 15) is 10.0 Å². The molecule has 0 atom stereocenters. The van der Waals surface area contributed by atoms with Crippen LogP contribution in [0.1, 0.15) is 22.8 Å². The molecule has 130 valence electrons. The summed E-state index contributed by atoms with van der Waals surface area (Å²) < 4.78 is 5.67. The third-order valence-electron chi connectivity index (χ3n) is 3.63. The summed E-state index contributed by atoms with van der Waals surface area (Å²) in [6.07, 6.45) is 5.00. The molecule has 0 saturated carbocycles. The molecule has 0 unspecified atom stereocenters. The van der Waals surface area contributed by atoms with Crippen LogP contribution in [0.4, 0.5) is 11.4 Å². The number of esters is 1. The molecule has 2 aromatic rings. The predicted octanol–water partition coefficient (Wildman–Crippen LogP) is 2.57. The van der Waals surface area contributed by atoms with E-state index in [4.69, 9.17) is 4.74 Å². The topological polar surface area (TPSA) is 56.8 Å².